The summed E-state index contributed by atoms with van der Waals surface area (Å²) in [4.78, 5) is 52.9. The van der Waals surface area contributed by atoms with Crippen LogP contribution in [0.4, 0.5) is 0 Å². The van der Waals surface area contributed by atoms with E-state index in [-0.39, 0.29) is 26.1 Å². The number of nitrogens with one attached hydrogen (secondary N) is 1. The second kappa shape index (κ2) is 24.6. The smallest absolute Gasteiger partial charge is 0.322 e. The average molecular weight is 862 g/mol. The molecule has 3 aliphatic rings. The molecule has 0 aliphatic carbocycles. The van der Waals surface area contributed by atoms with Crippen LogP contribution in [0.3, 0.4) is 0 Å². The fourth-order valence-corrected chi connectivity index (χ4v) is 6.31. The van der Waals surface area contributed by atoms with Crippen LogP contribution in [0.2, 0.25) is 0 Å². The summed E-state index contributed by atoms with van der Waals surface area (Å²) in [7, 11) is 0. The largest absolute Gasteiger partial charge is 0.481 e. The topological polar surface area (TPSA) is 385 Å². The molecule has 3 saturated heterocycles. The molecule has 3 rings (SSSR count). The predicted molar refractivity (Wildman–Crippen MR) is 190 cm³/mol. The summed E-state index contributed by atoms with van der Waals surface area (Å²) in [5.41, 5.74) is 0. The van der Waals surface area contributed by atoms with Crippen molar-refractivity contribution in [1.82, 2.24) is 15.1 Å². The third-order valence-electron chi connectivity index (χ3n) is 9.86. The zero-order valence-corrected chi connectivity index (χ0v) is 32.4. The van der Waals surface area contributed by atoms with Crippen LogP contribution in [0.1, 0.15) is 32.6 Å². The maximum atomic E-state index is 13.9. The number of amides is 2. The zero-order valence-electron chi connectivity index (χ0n) is 32.4. The molecule has 13 N–H and O–H groups in total. The molecule has 25 nitrogen and oxygen atoms in total. The molecule has 0 saturated carbocycles. The first-order valence-electron chi connectivity index (χ1n) is 19.1. The second-order valence-electron chi connectivity index (χ2n) is 14.4. The maximum Gasteiger partial charge on any atom is 0.322 e. The SMILES string of the molecule is C[C@@H]1O[C@@H](OC(=O)CN(CC(=O)NCCCCCC(=O)O)CC(=O)N(CCO[C@H]2O[C@H](CO)[C@@H](O)[C@H](O)[C@@H]2O)CCO[C@H]2O[C@H](CO)[C@@H](O)[C@H](O)[C@@H]2O)[C@@H](O)[C@H](O)[C@@H]1O. The lowest BCUT2D eigenvalue weighted by atomic mass is 9.99. The van der Waals surface area contributed by atoms with Gasteiger partial charge in [0.15, 0.2) is 12.6 Å². The first-order chi connectivity index (χ1) is 27.9. The minimum atomic E-state index is -1.85. The first kappa shape index (κ1) is 50.6. The van der Waals surface area contributed by atoms with Gasteiger partial charge in [0.2, 0.25) is 18.1 Å². The third-order valence-corrected chi connectivity index (χ3v) is 9.86. The molecule has 0 aromatic heterocycles. The lowest BCUT2D eigenvalue weighted by molar-refractivity contribution is -0.303. The fourth-order valence-electron chi connectivity index (χ4n) is 6.31. The van der Waals surface area contributed by atoms with Crippen molar-refractivity contribution < 1.29 is 109 Å². The average Bonchev–Trinajstić information content (AvgIpc) is 3.19. The number of ether oxygens (including phenoxy) is 6. The van der Waals surface area contributed by atoms with Crippen LogP contribution in [0, 0.1) is 0 Å². The minimum absolute atomic E-state index is 0.0578. The van der Waals surface area contributed by atoms with Gasteiger partial charge in [-0.15, -0.1) is 0 Å². The lowest BCUT2D eigenvalue weighted by Crippen LogP contribution is -2.59. The minimum Gasteiger partial charge on any atom is -0.481 e. The van der Waals surface area contributed by atoms with Crippen molar-refractivity contribution in [2.24, 2.45) is 0 Å². The molecular weight excluding hydrogens is 802 g/mol. The van der Waals surface area contributed by atoms with E-state index in [1.807, 2.05) is 0 Å². The Labute approximate surface area is 338 Å². The van der Waals surface area contributed by atoms with Crippen LogP contribution < -0.4 is 5.32 Å². The van der Waals surface area contributed by atoms with Gasteiger partial charge in [0.25, 0.3) is 0 Å². The summed E-state index contributed by atoms with van der Waals surface area (Å²) in [5.74, 6) is -3.55. The van der Waals surface area contributed by atoms with Crippen molar-refractivity contribution in [3.63, 3.8) is 0 Å². The monoisotopic (exact) mass is 861 g/mol. The number of rotatable bonds is 23. The number of unbranched alkanes of at least 4 members (excludes halogenated alkanes) is 2. The Kier molecular flexibility index (Phi) is 21.1. The number of aliphatic hydroxyl groups excluding tert-OH is 11. The van der Waals surface area contributed by atoms with Gasteiger partial charge in [-0.3, -0.25) is 24.1 Å². The number of carboxylic acids is 1. The van der Waals surface area contributed by atoms with Crippen molar-refractivity contribution in [1.29, 1.82) is 0 Å². The van der Waals surface area contributed by atoms with E-state index in [0.29, 0.717) is 19.3 Å². The van der Waals surface area contributed by atoms with Gasteiger partial charge >= 0.3 is 11.9 Å². The molecular formula is C34H59N3O22. The number of hydrogen-bond acceptors (Lipinski definition) is 22. The molecule has 3 fully saturated rings. The van der Waals surface area contributed by atoms with Crippen LogP contribution in [0.5, 0.6) is 0 Å². The van der Waals surface area contributed by atoms with Crippen LogP contribution in [0.15, 0.2) is 0 Å². The summed E-state index contributed by atoms with van der Waals surface area (Å²) < 4.78 is 32.2. The third kappa shape index (κ3) is 15.0. The summed E-state index contributed by atoms with van der Waals surface area (Å²) in [5, 5.41) is 122. The molecule has 342 valence electrons. The number of esters is 1. The predicted octanol–water partition coefficient (Wildman–Crippen LogP) is -8.12. The number of nitrogens with zero attached hydrogens (tertiary/aromatic N) is 2. The van der Waals surface area contributed by atoms with E-state index in [1.165, 1.54) is 6.92 Å². The van der Waals surface area contributed by atoms with Crippen molar-refractivity contribution in [3.05, 3.63) is 0 Å². The van der Waals surface area contributed by atoms with Crippen molar-refractivity contribution in [3.8, 4) is 0 Å². The Hall–Kier alpha value is -2.80. The van der Waals surface area contributed by atoms with Gasteiger partial charge in [0.1, 0.15) is 67.1 Å². The zero-order chi connectivity index (χ0) is 44.0. The molecule has 3 aliphatic heterocycles. The van der Waals surface area contributed by atoms with E-state index in [1.54, 1.807) is 0 Å². The molecule has 0 unspecified atom stereocenters. The Morgan fingerprint density at radius 3 is 1.63 bits per heavy atom. The standard InChI is InChI=1S/C34H59N3O22/c1-16-23(45)26(48)31(53)34(56-16)59-22(44)13-36(11-19(40)35-6-4-2-3-5-21(42)43)12-20(41)37(7-9-54-32-29(51)27(49)24(46)17(14-38)57-32)8-10-55-33-30(52)28(50)25(47)18(15-39)58-33/h16-18,23-34,38-39,45-53H,2-15H2,1H3,(H,35,40)(H,42,43)/t16-,17+,18+,23+,24+,25+,26+,27-,28-,29-,30-,31-,32-,33-,34-/m0/s1. The molecule has 15 atom stereocenters. The highest BCUT2D eigenvalue weighted by atomic mass is 16.7. The first-order valence-corrected chi connectivity index (χ1v) is 19.1. The van der Waals surface area contributed by atoms with Crippen LogP contribution in [-0.2, 0) is 47.6 Å². The molecule has 0 aromatic rings. The number of carbonyl (C=O) groups excluding carboxylic acids is 3. The number of aliphatic carboxylic acids is 1. The Bertz CT molecular complexity index is 1270. The Balaban J connectivity index is 1.75. The van der Waals surface area contributed by atoms with Crippen LogP contribution in [0.25, 0.3) is 0 Å². The quantitative estimate of drug-likeness (QED) is 0.0335. The molecule has 0 aromatic carbocycles. The Morgan fingerprint density at radius 1 is 0.610 bits per heavy atom. The van der Waals surface area contributed by atoms with E-state index in [4.69, 9.17) is 33.5 Å². The van der Waals surface area contributed by atoms with Crippen LogP contribution >= 0.6 is 0 Å². The molecule has 0 radical (unpaired) electrons. The summed E-state index contributed by atoms with van der Waals surface area (Å²) in [6.45, 7) is -3.58. The molecule has 2 amide bonds. The molecule has 0 bridgehead atoms. The highest BCUT2D eigenvalue weighted by Crippen LogP contribution is 2.24. The van der Waals surface area contributed by atoms with Gasteiger partial charge < -0.3 is 99.9 Å². The summed E-state index contributed by atoms with van der Waals surface area (Å²) in [6, 6.07) is 0. The fraction of sp³-hybridized carbons (Fsp3) is 0.882. The van der Waals surface area contributed by atoms with Crippen LogP contribution in [-0.4, -0.2) is 253 Å². The lowest BCUT2D eigenvalue weighted by Gasteiger charge is -2.40. The van der Waals surface area contributed by atoms with Crippen molar-refractivity contribution in [2.75, 3.05) is 65.7 Å². The summed E-state index contributed by atoms with van der Waals surface area (Å²) in [6.07, 6.45) is -22.9. The van der Waals surface area contributed by atoms with E-state index >= 15 is 0 Å². The Morgan fingerprint density at radius 2 is 1.12 bits per heavy atom. The van der Waals surface area contributed by atoms with E-state index in [0.717, 1.165) is 9.80 Å². The van der Waals surface area contributed by atoms with Crippen molar-refractivity contribution >= 4 is 23.8 Å². The maximum absolute atomic E-state index is 13.9. The molecule has 25 heteroatoms. The van der Waals surface area contributed by atoms with Gasteiger partial charge in [-0.2, -0.15) is 0 Å². The normalized spacial score (nSPS) is 35.0. The molecule has 0 spiro atoms. The summed E-state index contributed by atoms with van der Waals surface area (Å²) >= 11 is 0. The van der Waals surface area contributed by atoms with Gasteiger partial charge in [0.05, 0.1) is 52.2 Å². The van der Waals surface area contributed by atoms with E-state index in [9.17, 15) is 75.3 Å². The molecule has 59 heavy (non-hydrogen) atoms. The highest BCUT2D eigenvalue weighted by Gasteiger charge is 2.46. The number of carboxylic acid groups (broad SMARTS) is 1. The second-order valence-corrected chi connectivity index (χ2v) is 14.4. The highest BCUT2D eigenvalue weighted by molar-refractivity contribution is 5.82. The van der Waals surface area contributed by atoms with Crippen molar-refractivity contribution in [2.45, 2.75) is 125 Å². The number of carbonyl (C=O) groups is 4. The van der Waals surface area contributed by atoms with E-state index in [2.05, 4.69) is 5.32 Å². The van der Waals surface area contributed by atoms with E-state index < -0.39 is 162 Å². The van der Waals surface area contributed by atoms with Gasteiger partial charge in [-0.05, 0) is 19.8 Å². The van der Waals surface area contributed by atoms with Gasteiger partial charge in [-0.1, -0.05) is 6.42 Å². The van der Waals surface area contributed by atoms with Gasteiger partial charge in [-0.25, -0.2) is 0 Å². The number of hydrogen-bond donors (Lipinski definition) is 13. The number of aliphatic hydroxyl groups is 11. The molecule has 3 heterocycles. The van der Waals surface area contributed by atoms with Gasteiger partial charge in [0, 0.05) is 26.1 Å².